The molecule has 0 aliphatic carbocycles. The third kappa shape index (κ3) is 1.75. The molecule has 0 unspecified atom stereocenters. The number of hydrogen-bond donors (Lipinski definition) is 2. The summed E-state index contributed by atoms with van der Waals surface area (Å²) in [5.41, 5.74) is -0.548. The van der Waals surface area contributed by atoms with Gasteiger partial charge in [0.2, 0.25) is 0 Å². The first kappa shape index (κ1) is 5.12. The van der Waals surface area contributed by atoms with Crippen LogP contribution in [0, 0.1) is 0 Å². The summed E-state index contributed by atoms with van der Waals surface area (Å²) in [4.78, 5) is 0. The molecule has 2 N–H and O–H groups in total. The van der Waals surface area contributed by atoms with Crippen molar-refractivity contribution in [2.24, 2.45) is 0 Å². The maximum absolute atomic E-state index is 8.88. The zero-order chi connectivity index (χ0) is 17.9. The SMILES string of the molecule is [2H]c1c([2H])c([2H])c2c(oc3c([2H])c(OB(O)O)c([2H])c([2H])c32)c1[2H]. The summed E-state index contributed by atoms with van der Waals surface area (Å²) in [7, 11) is -2.31. The normalized spacial score (nSPS) is 16.7. The van der Waals surface area contributed by atoms with Gasteiger partial charge in [-0.3, -0.25) is 0 Å². The maximum Gasteiger partial charge on any atom is 0.707 e. The summed E-state index contributed by atoms with van der Waals surface area (Å²) in [5.74, 6) is -0.600. The summed E-state index contributed by atoms with van der Waals surface area (Å²) in [6.45, 7) is 0. The highest BCUT2D eigenvalue weighted by atomic mass is 16.6. The molecule has 0 atom stereocenters. The Balaban J connectivity index is 2.56. The summed E-state index contributed by atoms with van der Waals surface area (Å²) >= 11 is 0. The van der Waals surface area contributed by atoms with Crippen LogP contribution in [-0.2, 0) is 0 Å². The monoisotopic (exact) mass is 235 g/mol. The maximum atomic E-state index is 8.88. The van der Waals surface area contributed by atoms with Crippen LogP contribution < -0.4 is 4.65 Å². The molecule has 4 nitrogen and oxygen atoms in total. The molecule has 3 rings (SSSR count). The summed E-state index contributed by atoms with van der Waals surface area (Å²) < 4.78 is 65.0. The van der Waals surface area contributed by atoms with Gasteiger partial charge in [0.1, 0.15) is 16.9 Å². The second-order valence-corrected chi connectivity index (χ2v) is 3.16. The molecule has 1 aromatic heterocycles. The average Bonchev–Trinajstić information content (AvgIpc) is 2.93. The van der Waals surface area contributed by atoms with Gasteiger partial charge in [0.15, 0.2) is 0 Å². The van der Waals surface area contributed by atoms with Gasteiger partial charge in [0.25, 0.3) is 0 Å². The lowest BCUT2D eigenvalue weighted by molar-refractivity contribution is 0.288. The van der Waals surface area contributed by atoms with Crippen LogP contribution in [0.15, 0.2) is 46.7 Å². The lowest BCUT2D eigenvalue weighted by Crippen LogP contribution is -2.20. The van der Waals surface area contributed by atoms with Crippen LogP contribution in [0.1, 0.15) is 9.60 Å². The molecule has 5 heteroatoms. The van der Waals surface area contributed by atoms with E-state index < -0.39 is 55.4 Å². The molecular weight excluding hydrogens is 219 g/mol. The van der Waals surface area contributed by atoms with E-state index in [1.54, 1.807) is 0 Å². The largest absolute Gasteiger partial charge is 0.707 e. The Hall–Kier alpha value is -1.98. The van der Waals surface area contributed by atoms with Crippen LogP contribution in [0.4, 0.5) is 0 Å². The van der Waals surface area contributed by atoms with E-state index in [4.69, 9.17) is 24.1 Å². The molecule has 0 spiro atoms. The second-order valence-electron chi connectivity index (χ2n) is 3.16. The average molecular weight is 235 g/mol. The minimum Gasteiger partial charge on any atom is -0.512 e. The quantitative estimate of drug-likeness (QED) is 0.666. The van der Waals surface area contributed by atoms with Crippen LogP contribution >= 0.6 is 0 Å². The molecule has 0 amide bonds. The van der Waals surface area contributed by atoms with Crippen molar-refractivity contribution < 1.29 is 28.7 Å². The van der Waals surface area contributed by atoms with Crippen molar-refractivity contribution in [2.45, 2.75) is 0 Å². The van der Waals surface area contributed by atoms with Crippen LogP contribution in [0.25, 0.3) is 21.9 Å². The molecule has 17 heavy (non-hydrogen) atoms. The third-order valence-corrected chi connectivity index (χ3v) is 2.09. The van der Waals surface area contributed by atoms with Crippen molar-refractivity contribution in [3.05, 3.63) is 42.3 Å². The molecule has 0 aliphatic rings. The number of hydrogen-bond acceptors (Lipinski definition) is 4. The van der Waals surface area contributed by atoms with Gasteiger partial charge in [0, 0.05) is 16.8 Å². The second kappa shape index (κ2) is 3.80. The number of fused-ring (bicyclic) bond motifs is 3. The van der Waals surface area contributed by atoms with Crippen molar-refractivity contribution in [1.82, 2.24) is 0 Å². The minimum atomic E-state index is -2.31. The van der Waals surface area contributed by atoms with E-state index in [0.717, 1.165) is 0 Å². The summed E-state index contributed by atoms with van der Waals surface area (Å²) in [5, 5.41) is 17.5. The summed E-state index contributed by atoms with van der Waals surface area (Å²) in [6.07, 6.45) is 0. The standard InChI is InChI=1S/C12H9BO4/c14-13(15)17-8-5-6-10-9-3-1-2-4-11(9)16-12(10)7-8/h1-7,14-15H/i1D,2D,3D,4D,5D,6D,7D. The topological polar surface area (TPSA) is 62.8 Å². The molecule has 2 aromatic carbocycles. The highest BCUT2D eigenvalue weighted by molar-refractivity contribution is 6.33. The van der Waals surface area contributed by atoms with Gasteiger partial charge < -0.3 is 19.1 Å². The Morgan fingerprint density at radius 1 is 1.06 bits per heavy atom. The van der Waals surface area contributed by atoms with E-state index in [9.17, 15) is 0 Å². The number of rotatable bonds is 2. The van der Waals surface area contributed by atoms with Crippen molar-refractivity contribution >= 4 is 29.3 Å². The molecule has 0 radical (unpaired) electrons. The predicted molar refractivity (Wildman–Crippen MR) is 64.5 cm³/mol. The Kier molecular flexibility index (Phi) is 1.14. The highest BCUT2D eigenvalue weighted by Gasteiger charge is 2.13. The van der Waals surface area contributed by atoms with Crippen LogP contribution in [0.5, 0.6) is 5.75 Å². The Morgan fingerprint density at radius 2 is 1.82 bits per heavy atom. The zero-order valence-corrected chi connectivity index (χ0v) is 8.29. The van der Waals surface area contributed by atoms with E-state index in [2.05, 4.69) is 4.65 Å². The summed E-state index contributed by atoms with van der Waals surface area (Å²) in [6, 6.07) is -3.69. The number of benzene rings is 2. The van der Waals surface area contributed by atoms with Gasteiger partial charge in [0.05, 0.1) is 9.60 Å². The molecule has 84 valence electrons. The van der Waals surface area contributed by atoms with Crippen molar-refractivity contribution in [3.8, 4) is 5.75 Å². The number of furan rings is 1. The van der Waals surface area contributed by atoms with Gasteiger partial charge in [-0.05, 0) is 18.1 Å². The smallest absolute Gasteiger partial charge is 0.512 e. The van der Waals surface area contributed by atoms with Crippen LogP contribution in [0.3, 0.4) is 0 Å². The lowest BCUT2D eigenvalue weighted by Gasteiger charge is -2.03. The van der Waals surface area contributed by atoms with Crippen molar-refractivity contribution in [3.63, 3.8) is 0 Å². The Bertz CT molecular complexity index is 1000. The first-order chi connectivity index (χ1) is 11.2. The lowest BCUT2D eigenvalue weighted by atomic mass is 10.1. The van der Waals surface area contributed by atoms with Crippen LogP contribution in [0.2, 0.25) is 0 Å². The Labute approximate surface area is 107 Å². The fourth-order valence-corrected chi connectivity index (χ4v) is 1.45. The molecule has 0 fully saturated rings. The van der Waals surface area contributed by atoms with Gasteiger partial charge in [-0.25, -0.2) is 0 Å². The number of para-hydroxylation sites is 1. The van der Waals surface area contributed by atoms with E-state index >= 15 is 0 Å². The molecule has 1 heterocycles. The highest BCUT2D eigenvalue weighted by Crippen LogP contribution is 2.30. The molecule has 0 saturated carbocycles. The molecule has 0 bridgehead atoms. The van der Waals surface area contributed by atoms with E-state index in [1.165, 1.54) is 0 Å². The fraction of sp³-hybridized carbons (Fsp3) is 0. The molecule has 3 aromatic rings. The molecule has 0 saturated heterocycles. The minimum absolute atomic E-state index is 0.112. The fourth-order valence-electron chi connectivity index (χ4n) is 1.45. The Morgan fingerprint density at radius 3 is 2.65 bits per heavy atom. The predicted octanol–water partition coefficient (Wildman–Crippen LogP) is 1.93. The van der Waals surface area contributed by atoms with Gasteiger partial charge in [-0.2, -0.15) is 0 Å². The van der Waals surface area contributed by atoms with Crippen LogP contribution in [-0.4, -0.2) is 17.4 Å². The first-order valence-electron chi connectivity index (χ1n) is 8.11. The molecular formula is C12H9BO4. The van der Waals surface area contributed by atoms with E-state index in [0.29, 0.717) is 0 Å². The zero-order valence-electron chi connectivity index (χ0n) is 15.3. The molecule has 0 aliphatic heterocycles. The third-order valence-electron chi connectivity index (χ3n) is 2.09. The van der Waals surface area contributed by atoms with Gasteiger partial charge in [-0.15, -0.1) is 0 Å². The van der Waals surface area contributed by atoms with Crippen molar-refractivity contribution in [2.75, 3.05) is 0 Å². The van der Waals surface area contributed by atoms with E-state index in [-0.39, 0.29) is 21.9 Å². The van der Waals surface area contributed by atoms with Gasteiger partial charge in [-0.1, -0.05) is 18.1 Å². The van der Waals surface area contributed by atoms with E-state index in [1.807, 2.05) is 0 Å². The van der Waals surface area contributed by atoms with Crippen molar-refractivity contribution in [1.29, 1.82) is 0 Å². The first-order valence-corrected chi connectivity index (χ1v) is 4.61. The van der Waals surface area contributed by atoms with Gasteiger partial charge >= 0.3 is 7.32 Å².